The molecule has 90 valence electrons. The van der Waals surface area contributed by atoms with Crippen molar-refractivity contribution < 1.29 is 4.79 Å². The van der Waals surface area contributed by atoms with Crippen molar-refractivity contribution in [3.8, 4) is 6.07 Å². The van der Waals surface area contributed by atoms with Crippen LogP contribution in [0, 0.1) is 11.3 Å². The lowest BCUT2D eigenvalue weighted by molar-refractivity contribution is 0.211. The number of benzene rings is 1. The Morgan fingerprint density at radius 2 is 2.00 bits per heavy atom. The van der Waals surface area contributed by atoms with E-state index in [0.29, 0.717) is 18.7 Å². The molecule has 4 nitrogen and oxygen atoms in total. The molecular formula is C13H17N3O. The van der Waals surface area contributed by atoms with Crippen LogP contribution in [0.15, 0.2) is 24.3 Å². The Morgan fingerprint density at radius 1 is 1.35 bits per heavy atom. The number of carbonyl (C=O) groups is 1. The first-order valence-electron chi connectivity index (χ1n) is 5.66. The van der Waals surface area contributed by atoms with E-state index in [9.17, 15) is 4.79 Å². The largest absolute Gasteiger partial charge is 0.325 e. The van der Waals surface area contributed by atoms with Crippen LogP contribution in [0.25, 0.3) is 0 Å². The Balaban J connectivity index is 2.92. The number of hydrogen-bond donors (Lipinski definition) is 0. The predicted octanol–water partition coefficient (Wildman–Crippen LogP) is 2.46. The van der Waals surface area contributed by atoms with Crippen LogP contribution in [0.5, 0.6) is 0 Å². The van der Waals surface area contributed by atoms with E-state index in [0.717, 1.165) is 5.69 Å². The van der Waals surface area contributed by atoms with Crippen LogP contribution in [-0.4, -0.2) is 31.1 Å². The molecule has 0 saturated carbocycles. The molecule has 0 saturated heterocycles. The number of anilines is 1. The van der Waals surface area contributed by atoms with Gasteiger partial charge in [-0.05, 0) is 32.0 Å². The van der Waals surface area contributed by atoms with E-state index in [1.54, 1.807) is 35.0 Å². The Bertz CT molecular complexity index is 433. The molecule has 2 amide bonds. The van der Waals surface area contributed by atoms with Crippen molar-refractivity contribution in [3.63, 3.8) is 0 Å². The molecule has 0 atom stereocenters. The molecule has 0 aliphatic carbocycles. The number of urea groups is 1. The maximum atomic E-state index is 12.1. The topological polar surface area (TPSA) is 47.3 Å². The van der Waals surface area contributed by atoms with Gasteiger partial charge in [-0.25, -0.2) is 4.79 Å². The second-order valence-corrected chi connectivity index (χ2v) is 3.68. The molecule has 1 rings (SSSR count). The van der Waals surface area contributed by atoms with Gasteiger partial charge >= 0.3 is 6.03 Å². The minimum Gasteiger partial charge on any atom is -0.325 e. The third-order valence-electron chi connectivity index (χ3n) is 2.68. The van der Waals surface area contributed by atoms with Crippen molar-refractivity contribution in [1.29, 1.82) is 5.26 Å². The van der Waals surface area contributed by atoms with Gasteiger partial charge in [0.05, 0.1) is 11.6 Å². The maximum absolute atomic E-state index is 12.1. The molecule has 0 N–H and O–H groups in total. The molecule has 4 heteroatoms. The molecule has 0 fully saturated rings. The summed E-state index contributed by atoms with van der Waals surface area (Å²) in [5.74, 6) is 0. The molecule has 17 heavy (non-hydrogen) atoms. The van der Waals surface area contributed by atoms with Crippen molar-refractivity contribution in [2.45, 2.75) is 13.8 Å². The number of nitriles is 1. The maximum Gasteiger partial charge on any atom is 0.324 e. The van der Waals surface area contributed by atoms with E-state index < -0.39 is 0 Å². The van der Waals surface area contributed by atoms with Crippen molar-refractivity contribution >= 4 is 11.7 Å². The number of hydrogen-bond acceptors (Lipinski definition) is 2. The Hall–Kier alpha value is -2.02. The second kappa shape index (κ2) is 5.90. The van der Waals surface area contributed by atoms with Gasteiger partial charge in [-0.3, -0.25) is 4.90 Å². The third kappa shape index (κ3) is 2.97. The summed E-state index contributed by atoms with van der Waals surface area (Å²) in [6.07, 6.45) is 0. The molecule has 0 bridgehead atoms. The van der Waals surface area contributed by atoms with Crippen LogP contribution in [-0.2, 0) is 0 Å². The van der Waals surface area contributed by atoms with Gasteiger partial charge in [-0.2, -0.15) is 5.26 Å². The van der Waals surface area contributed by atoms with Gasteiger partial charge in [-0.15, -0.1) is 0 Å². The summed E-state index contributed by atoms with van der Waals surface area (Å²) in [6, 6.07) is 9.05. The van der Waals surface area contributed by atoms with Crippen LogP contribution >= 0.6 is 0 Å². The minimum atomic E-state index is -0.0508. The van der Waals surface area contributed by atoms with Crippen LogP contribution < -0.4 is 4.90 Å². The molecule has 0 unspecified atom stereocenters. The van der Waals surface area contributed by atoms with Gasteiger partial charge in [0.15, 0.2) is 0 Å². The average Bonchev–Trinajstić information content (AvgIpc) is 2.39. The molecule has 0 radical (unpaired) electrons. The summed E-state index contributed by atoms with van der Waals surface area (Å²) in [4.78, 5) is 15.4. The molecule has 0 aromatic heterocycles. The number of nitrogens with zero attached hydrogens (tertiary/aromatic N) is 3. The lowest BCUT2D eigenvalue weighted by atomic mass is 10.2. The zero-order chi connectivity index (χ0) is 12.8. The van der Waals surface area contributed by atoms with E-state index in [4.69, 9.17) is 5.26 Å². The zero-order valence-electron chi connectivity index (χ0n) is 10.5. The number of rotatable bonds is 3. The molecule has 0 spiro atoms. The van der Waals surface area contributed by atoms with Gasteiger partial charge in [0.2, 0.25) is 0 Å². The Kier molecular flexibility index (Phi) is 4.53. The van der Waals surface area contributed by atoms with E-state index in [-0.39, 0.29) is 6.03 Å². The summed E-state index contributed by atoms with van der Waals surface area (Å²) < 4.78 is 0. The van der Waals surface area contributed by atoms with Crippen molar-refractivity contribution in [2.24, 2.45) is 0 Å². The molecule has 0 aliphatic rings. The monoisotopic (exact) mass is 231 g/mol. The minimum absolute atomic E-state index is 0.0508. The highest BCUT2D eigenvalue weighted by Gasteiger charge is 2.16. The number of amides is 2. The van der Waals surface area contributed by atoms with Gasteiger partial charge < -0.3 is 4.90 Å². The quantitative estimate of drug-likeness (QED) is 0.802. The van der Waals surface area contributed by atoms with Crippen LogP contribution in [0.2, 0.25) is 0 Å². The molecule has 1 aromatic rings. The normalized spacial score (nSPS) is 9.53. The number of carbonyl (C=O) groups excluding carboxylic acids is 1. The standard InChI is InChI=1S/C13H17N3O/c1-4-16(5-2)13(17)15(3)12-8-6-7-11(9-12)10-14/h6-9H,4-5H2,1-3H3. The van der Waals surface area contributed by atoms with Gasteiger partial charge in [0, 0.05) is 25.8 Å². The SMILES string of the molecule is CCN(CC)C(=O)N(C)c1cccc(C#N)c1. The second-order valence-electron chi connectivity index (χ2n) is 3.68. The first kappa shape index (κ1) is 13.0. The van der Waals surface area contributed by atoms with Gasteiger partial charge in [-0.1, -0.05) is 6.07 Å². The van der Waals surface area contributed by atoms with Crippen LogP contribution in [0.4, 0.5) is 10.5 Å². The highest BCUT2D eigenvalue weighted by atomic mass is 16.2. The zero-order valence-corrected chi connectivity index (χ0v) is 10.5. The van der Waals surface area contributed by atoms with Crippen molar-refractivity contribution in [3.05, 3.63) is 29.8 Å². The van der Waals surface area contributed by atoms with E-state index in [2.05, 4.69) is 6.07 Å². The molecule has 0 heterocycles. The summed E-state index contributed by atoms with van der Waals surface area (Å²) in [6.45, 7) is 5.25. The summed E-state index contributed by atoms with van der Waals surface area (Å²) >= 11 is 0. The van der Waals surface area contributed by atoms with E-state index in [1.807, 2.05) is 19.9 Å². The van der Waals surface area contributed by atoms with Crippen molar-refractivity contribution in [2.75, 3.05) is 25.0 Å². The fourth-order valence-corrected chi connectivity index (χ4v) is 1.60. The average molecular weight is 231 g/mol. The van der Waals surface area contributed by atoms with E-state index >= 15 is 0 Å². The van der Waals surface area contributed by atoms with Crippen molar-refractivity contribution in [1.82, 2.24) is 4.90 Å². The smallest absolute Gasteiger partial charge is 0.324 e. The lowest BCUT2D eigenvalue weighted by Gasteiger charge is -2.26. The Labute approximate surface area is 102 Å². The fraction of sp³-hybridized carbons (Fsp3) is 0.385. The molecular weight excluding hydrogens is 214 g/mol. The fourth-order valence-electron chi connectivity index (χ4n) is 1.60. The van der Waals surface area contributed by atoms with Crippen LogP contribution in [0.1, 0.15) is 19.4 Å². The van der Waals surface area contributed by atoms with Gasteiger partial charge in [0.1, 0.15) is 0 Å². The molecule has 1 aromatic carbocycles. The third-order valence-corrected chi connectivity index (χ3v) is 2.68. The highest BCUT2D eigenvalue weighted by Crippen LogP contribution is 2.15. The van der Waals surface area contributed by atoms with E-state index in [1.165, 1.54) is 0 Å². The summed E-state index contributed by atoms with van der Waals surface area (Å²) in [5.41, 5.74) is 1.29. The molecule has 0 aliphatic heterocycles. The predicted molar refractivity (Wildman–Crippen MR) is 67.9 cm³/mol. The van der Waals surface area contributed by atoms with Crippen LogP contribution in [0.3, 0.4) is 0 Å². The first-order chi connectivity index (χ1) is 8.13. The van der Waals surface area contributed by atoms with Gasteiger partial charge in [0.25, 0.3) is 0 Å². The summed E-state index contributed by atoms with van der Waals surface area (Å²) in [5, 5.41) is 8.82. The summed E-state index contributed by atoms with van der Waals surface area (Å²) in [7, 11) is 1.72. The Morgan fingerprint density at radius 3 is 2.53 bits per heavy atom. The lowest BCUT2D eigenvalue weighted by Crippen LogP contribution is -2.41. The highest BCUT2D eigenvalue weighted by molar-refractivity contribution is 5.91. The first-order valence-corrected chi connectivity index (χ1v) is 5.66.